The van der Waals surface area contributed by atoms with Crippen LogP contribution in [0.3, 0.4) is 0 Å². The van der Waals surface area contributed by atoms with Crippen LogP contribution in [-0.4, -0.2) is 37.3 Å². The summed E-state index contributed by atoms with van der Waals surface area (Å²) in [4.78, 5) is 16.6. The number of hydrogen-bond acceptors (Lipinski definition) is 4. The van der Waals surface area contributed by atoms with Gasteiger partial charge in [-0.1, -0.05) is 6.07 Å². The van der Waals surface area contributed by atoms with Crippen molar-refractivity contribution in [2.24, 2.45) is 5.92 Å². The molecule has 2 aromatic rings. The molecule has 1 N–H and O–H groups in total. The Morgan fingerprint density at radius 2 is 2.08 bits per heavy atom. The third kappa shape index (κ3) is 3.74. The van der Waals surface area contributed by atoms with E-state index in [0.717, 1.165) is 17.7 Å². The highest BCUT2D eigenvalue weighted by molar-refractivity contribution is 5.95. The second-order valence-corrected chi connectivity index (χ2v) is 6.12. The van der Waals surface area contributed by atoms with Crippen molar-refractivity contribution in [1.29, 1.82) is 0 Å². The molecule has 0 radical (unpaired) electrons. The van der Waals surface area contributed by atoms with Crippen molar-refractivity contribution in [1.82, 2.24) is 10.3 Å². The summed E-state index contributed by atoms with van der Waals surface area (Å²) in [6, 6.07) is 9.51. The SMILES string of the molecule is COc1cc(C(=O)NC2COCC2Cc2ccncc2)ccc1C. The monoisotopic (exact) mass is 326 g/mol. The Morgan fingerprint density at radius 1 is 1.29 bits per heavy atom. The lowest BCUT2D eigenvalue weighted by Gasteiger charge is -2.19. The van der Waals surface area contributed by atoms with Crippen molar-refractivity contribution in [2.45, 2.75) is 19.4 Å². The molecular weight excluding hydrogens is 304 g/mol. The number of aromatic nitrogens is 1. The molecule has 1 saturated heterocycles. The molecule has 5 nitrogen and oxygen atoms in total. The quantitative estimate of drug-likeness (QED) is 0.916. The van der Waals surface area contributed by atoms with Gasteiger partial charge in [0.05, 0.1) is 26.4 Å². The number of ether oxygens (including phenoxy) is 2. The summed E-state index contributed by atoms with van der Waals surface area (Å²) in [6.07, 6.45) is 4.44. The van der Waals surface area contributed by atoms with Crippen LogP contribution in [0, 0.1) is 12.8 Å². The second-order valence-electron chi connectivity index (χ2n) is 6.12. The molecule has 2 heterocycles. The zero-order valence-electron chi connectivity index (χ0n) is 14.0. The minimum Gasteiger partial charge on any atom is -0.496 e. The molecule has 1 aromatic carbocycles. The fraction of sp³-hybridized carbons (Fsp3) is 0.368. The van der Waals surface area contributed by atoms with Gasteiger partial charge in [-0.25, -0.2) is 0 Å². The molecule has 126 valence electrons. The number of aryl methyl sites for hydroxylation is 1. The van der Waals surface area contributed by atoms with Gasteiger partial charge in [0.25, 0.3) is 5.91 Å². The van der Waals surface area contributed by atoms with Gasteiger partial charge in [0, 0.05) is 23.9 Å². The Bertz CT molecular complexity index is 703. The van der Waals surface area contributed by atoms with Crippen LogP contribution in [0.1, 0.15) is 21.5 Å². The number of methoxy groups -OCH3 is 1. The highest BCUT2D eigenvalue weighted by Crippen LogP contribution is 2.21. The first-order valence-corrected chi connectivity index (χ1v) is 8.09. The van der Waals surface area contributed by atoms with E-state index in [4.69, 9.17) is 9.47 Å². The van der Waals surface area contributed by atoms with E-state index < -0.39 is 0 Å². The number of nitrogens with zero attached hydrogens (tertiary/aromatic N) is 1. The van der Waals surface area contributed by atoms with Gasteiger partial charge < -0.3 is 14.8 Å². The maximum absolute atomic E-state index is 12.5. The molecule has 2 atom stereocenters. The van der Waals surface area contributed by atoms with Crippen LogP contribution >= 0.6 is 0 Å². The molecule has 0 saturated carbocycles. The summed E-state index contributed by atoms with van der Waals surface area (Å²) in [5, 5.41) is 3.10. The topological polar surface area (TPSA) is 60.5 Å². The highest BCUT2D eigenvalue weighted by atomic mass is 16.5. The second kappa shape index (κ2) is 7.45. The van der Waals surface area contributed by atoms with E-state index >= 15 is 0 Å². The van der Waals surface area contributed by atoms with E-state index in [0.29, 0.717) is 18.8 Å². The molecule has 5 heteroatoms. The Morgan fingerprint density at radius 3 is 2.83 bits per heavy atom. The summed E-state index contributed by atoms with van der Waals surface area (Å²) < 4.78 is 10.9. The van der Waals surface area contributed by atoms with Gasteiger partial charge in [-0.05, 0) is 48.7 Å². The highest BCUT2D eigenvalue weighted by Gasteiger charge is 2.30. The number of amides is 1. The molecule has 3 rings (SSSR count). The molecule has 1 fully saturated rings. The van der Waals surface area contributed by atoms with Crippen molar-refractivity contribution in [3.05, 3.63) is 59.4 Å². The third-order valence-corrected chi connectivity index (χ3v) is 4.43. The standard InChI is InChI=1S/C19H22N2O3/c1-13-3-4-15(10-18(13)23-2)19(22)21-17-12-24-11-16(17)9-14-5-7-20-8-6-14/h3-8,10,16-17H,9,11-12H2,1-2H3,(H,21,22). The van der Waals surface area contributed by atoms with Crippen molar-refractivity contribution >= 4 is 5.91 Å². The lowest BCUT2D eigenvalue weighted by Crippen LogP contribution is -2.40. The van der Waals surface area contributed by atoms with Gasteiger partial charge >= 0.3 is 0 Å². The van der Waals surface area contributed by atoms with Gasteiger partial charge in [-0.3, -0.25) is 9.78 Å². The first-order chi connectivity index (χ1) is 11.7. The molecule has 1 aliphatic rings. The smallest absolute Gasteiger partial charge is 0.251 e. The van der Waals surface area contributed by atoms with E-state index in [1.165, 1.54) is 5.56 Å². The van der Waals surface area contributed by atoms with Gasteiger partial charge in [0.2, 0.25) is 0 Å². The summed E-state index contributed by atoms with van der Waals surface area (Å²) >= 11 is 0. The predicted molar refractivity (Wildman–Crippen MR) is 91.2 cm³/mol. The van der Waals surface area contributed by atoms with Crippen LogP contribution in [0.5, 0.6) is 5.75 Å². The Balaban J connectivity index is 1.67. The normalized spacial score (nSPS) is 19.9. The molecule has 0 aliphatic carbocycles. The van der Waals surface area contributed by atoms with E-state index in [2.05, 4.69) is 10.3 Å². The van der Waals surface area contributed by atoms with E-state index in [9.17, 15) is 4.79 Å². The van der Waals surface area contributed by atoms with Crippen LogP contribution in [0.4, 0.5) is 0 Å². The molecule has 0 spiro atoms. The fourth-order valence-corrected chi connectivity index (χ4v) is 2.99. The summed E-state index contributed by atoms with van der Waals surface area (Å²) in [5.41, 5.74) is 2.82. The molecule has 1 aromatic heterocycles. The van der Waals surface area contributed by atoms with Crippen molar-refractivity contribution in [3.63, 3.8) is 0 Å². The average molecular weight is 326 g/mol. The van der Waals surface area contributed by atoms with Crippen LogP contribution in [0.2, 0.25) is 0 Å². The van der Waals surface area contributed by atoms with Gasteiger partial charge in [-0.15, -0.1) is 0 Å². The molecule has 2 unspecified atom stereocenters. The van der Waals surface area contributed by atoms with Crippen molar-refractivity contribution in [2.75, 3.05) is 20.3 Å². The number of carbonyl (C=O) groups excluding carboxylic acids is 1. The van der Waals surface area contributed by atoms with E-state index in [1.807, 2.05) is 31.2 Å². The predicted octanol–water partition coefficient (Wildman–Crippen LogP) is 2.39. The number of carbonyl (C=O) groups is 1. The first kappa shape index (κ1) is 16.5. The number of rotatable bonds is 5. The number of benzene rings is 1. The molecule has 24 heavy (non-hydrogen) atoms. The van der Waals surface area contributed by atoms with Crippen molar-refractivity contribution < 1.29 is 14.3 Å². The average Bonchev–Trinajstić information content (AvgIpc) is 3.03. The van der Waals surface area contributed by atoms with Gasteiger partial charge in [-0.2, -0.15) is 0 Å². The van der Waals surface area contributed by atoms with Crippen LogP contribution in [0.25, 0.3) is 0 Å². The fourth-order valence-electron chi connectivity index (χ4n) is 2.99. The zero-order chi connectivity index (χ0) is 16.9. The minimum atomic E-state index is -0.0940. The minimum absolute atomic E-state index is 0.0120. The third-order valence-electron chi connectivity index (χ3n) is 4.43. The Hall–Kier alpha value is -2.40. The number of hydrogen-bond donors (Lipinski definition) is 1. The van der Waals surface area contributed by atoms with Gasteiger partial charge in [0.15, 0.2) is 0 Å². The Kier molecular flexibility index (Phi) is 5.11. The lowest BCUT2D eigenvalue weighted by atomic mass is 9.95. The van der Waals surface area contributed by atoms with Crippen molar-refractivity contribution in [3.8, 4) is 5.75 Å². The summed E-state index contributed by atoms with van der Waals surface area (Å²) in [7, 11) is 1.61. The molecular formula is C19H22N2O3. The zero-order valence-corrected chi connectivity index (χ0v) is 14.0. The van der Waals surface area contributed by atoms with Crippen LogP contribution in [-0.2, 0) is 11.2 Å². The molecule has 1 aliphatic heterocycles. The summed E-state index contributed by atoms with van der Waals surface area (Å²) in [6.45, 7) is 3.16. The van der Waals surface area contributed by atoms with Crippen LogP contribution < -0.4 is 10.1 Å². The lowest BCUT2D eigenvalue weighted by molar-refractivity contribution is 0.0924. The first-order valence-electron chi connectivity index (χ1n) is 8.09. The largest absolute Gasteiger partial charge is 0.496 e. The number of nitrogens with one attached hydrogen (secondary N) is 1. The van der Waals surface area contributed by atoms with E-state index in [-0.39, 0.29) is 17.9 Å². The van der Waals surface area contributed by atoms with Gasteiger partial charge in [0.1, 0.15) is 5.75 Å². The summed E-state index contributed by atoms with van der Waals surface area (Å²) in [5.74, 6) is 0.894. The van der Waals surface area contributed by atoms with Crippen LogP contribution in [0.15, 0.2) is 42.7 Å². The Labute approximate surface area is 142 Å². The number of pyridine rings is 1. The van der Waals surface area contributed by atoms with E-state index in [1.54, 1.807) is 25.6 Å². The maximum Gasteiger partial charge on any atom is 0.251 e. The molecule has 1 amide bonds. The molecule has 0 bridgehead atoms. The maximum atomic E-state index is 12.5.